The number of rotatable bonds is 10. The standard InChI is InChI=1S/C28H24N4S3/c1-4-6-8-23-24(9-7-5-2)28(26-13-11-22(34-26)15-20(18-31)32-3)35-27(23)25-12-10-21(33-25)14-19(16-29)17-30/h10-15H,4-9H2,1-2H3/b20-15-. The Hall–Kier alpha value is -3.46. The second kappa shape index (κ2) is 12.9. The molecular formula is C28H24N4S3. The van der Waals surface area contributed by atoms with Crippen LogP contribution in [0, 0.1) is 40.6 Å². The fourth-order valence-corrected chi connectivity index (χ4v) is 7.26. The zero-order valence-electron chi connectivity index (χ0n) is 19.7. The van der Waals surface area contributed by atoms with Crippen molar-refractivity contribution in [3.05, 3.63) is 67.8 Å². The molecule has 4 nitrogen and oxygen atoms in total. The van der Waals surface area contributed by atoms with Gasteiger partial charge in [0.1, 0.15) is 17.7 Å². The monoisotopic (exact) mass is 512 g/mol. The molecule has 0 aliphatic heterocycles. The lowest BCUT2D eigenvalue weighted by Crippen LogP contribution is -1.94. The summed E-state index contributed by atoms with van der Waals surface area (Å²) in [5.74, 6) is 0. The van der Waals surface area contributed by atoms with Gasteiger partial charge in [0, 0.05) is 29.3 Å². The Labute approximate surface area is 219 Å². The van der Waals surface area contributed by atoms with Gasteiger partial charge in [-0.15, -0.1) is 34.0 Å². The van der Waals surface area contributed by atoms with Crippen molar-refractivity contribution in [1.82, 2.24) is 0 Å². The normalized spacial score (nSPS) is 10.7. The highest BCUT2D eigenvalue weighted by Crippen LogP contribution is 2.47. The van der Waals surface area contributed by atoms with Crippen LogP contribution in [0.4, 0.5) is 0 Å². The van der Waals surface area contributed by atoms with Crippen molar-refractivity contribution in [3.8, 4) is 37.7 Å². The molecule has 7 heteroatoms. The molecule has 0 aliphatic carbocycles. The molecule has 3 aromatic heterocycles. The second-order valence-corrected chi connectivity index (χ2v) is 11.1. The van der Waals surface area contributed by atoms with Crippen LogP contribution >= 0.6 is 34.0 Å². The van der Waals surface area contributed by atoms with E-state index >= 15 is 0 Å². The maximum atomic E-state index is 9.12. The Morgan fingerprint density at radius 2 is 1.31 bits per heavy atom. The minimum Gasteiger partial charge on any atom is -0.227 e. The number of hydrogen-bond donors (Lipinski definition) is 0. The van der Waals surface area contributed by atoms with Crippen LogP contribution in [0.25, 0.3) is 36.5 Å². The maximum Gasteiger partial charge on any atom is 0.263 e. The molecule has 0 N–H and O–H groups in total. The number of hydrogen-bond acceptors (Lipinski definition) is 6. The van der Waals surface area contributed by atoms with Gasteiger partial charge in [-0.2, -0.15) is 10.5 Å². The van der Waals surface area contributed by atoms with E-state index < -0.39 is 0 Å². The van der Waals surface area contributed by atoms with Gasteiger partial charge in [0.15, 0.2) is 0 Å². The van der Waals surface area contributed by atoms with E-state index in [9.17, 15) is 0 Å². The van der Waals surface area contributed by atoms with Crippen LogP contribution in [-0.2, 0) is 12.8 Å². The molecule has 3 heterocycles. The van der Waals surface area contributed by atoms with E-state index in [4.69, 9.17) is 22.4 Å². The van der Waals surface area contributed by atoms with Crippen LogP contribution in [0.2, 0.25) is 0 Å². The predicted molar refractivity (Wildman–Crippen MR) is 148 cm³/mol. The summed E-state index contributed by atoms with van der Waals surface area (Å²) in [7, 11) is 0. The van der Waals surface area contributed by atoms with E-state index in [0.717, 1.165) is 58.0 Å². The van der Waals surface area contributed by atoms with Gasteiger partial charge in [-0.25, -0.2) is 10.1 Å². The van der Waals surface area contributed by atoms with Crippen molar-refractivity contribution in [2.75, 3.05) is 0 Å². The van der Waals surface area contributed by atoms with Crippen LogP contribution in [0.5, 0.6) is 0 Å². The van der Waals surface area contributed by atoms with Crippen LogP contribution in [0.1, 0.15) is 60.4 Å². The van der Waals surface area contributed by atoms with Crippen molar-refractivity contribution in [2.24, 2.45) is 0 Å². The molecule has 0 fully saturated rings. The predicted octanol–water partition coefficient (Wildman–Crippen LogP) is 9.10. The molecule has 0 atom stereocenters. The third-order valence-electron chi connectivity index (χ3n) is 5.42. The van der Waals surface area contributed by atoms with Crippen molar-refractivity contribution in [2.45, 2.75) is 52.4 Å². The summed E-state index contributed by atoms with van der Waals surface area (Å²) in [6.07, 6.45) is 9.79. The summed E-state index contributed by atoms with van der Waals surface area (Å²) in [6, 6.07) is 14.0. The molecule has 0 spiro atoms. The van der Waals surface area contributed by atoms with Crippen LogP contribution in [0.3, 0.4) is 0 Å². The smallest absolute Gasteiger partial charge is 0.227 e. The average Bonchev–Trinajstić information content (AvgIpc) is 3.61. The molecule has 0 bridgehead atoms. The average molecular weight is 513 g/mol. The molecule has 174 valence electrons. The lowest BCUT2D eigenvalue weighted by atomic mass is 9.97. The Morgan fingerprint density at radius 3 is 1.74 bits per heavy atom. The highest BCUT2D eigenvalue weighted by molar-refractivity contribution is 7.27. The third-order valence-corrected chi connectivity index (χ3v) is 9.12. The van der Waals surface area contributed by atoms with Gasteiger partial charge in [-0.05, 0) is 73.2 Å². The highest BCUT2D eigenvalue weighted by atomic mass is 32.1. The number of nitrogens with zero attached hydrogens (tertiary/aromatic N) is 4. The molecule has 0 saturated carbocycles. The van der Waals surface area contributed by atoms with E-state index in [1.807, 2.05) is 30.3 Å². The fourth-order valence-electron chi connectivity index (χ4n) is 3.69. The molecule has 0 aliphatic rings. The summed E-state index contributed by atoms with van der Waals surface area (Å²) < 4.78 is 0. The molecule has 35 heavy (non-hydrogen) atoms. The largest absolute Gasteiger partial charge is 0.263 e. The first-order valence-corrected chi connectivity index (χ1v) is 13.9. The topological polar surface area (TPSA) is 75.7 Å². The highest BCUT2D eigenvalue weighted by Gasteiger charge is 2.22. The number of thiophene rings is 3. The SMILES string of the molecule is [C-]#[N+]/C(C#N)=C\c1ccc(-c2sc(-c3ccc(C=C(C#N)C#N)s3)c(CCCC)c2CCCC)s1. The van der Waals surface area contributed by atoms with Crippen molar-refractivity contribution < 1.29 is 0 Å². The number of nitriles is 3. The number of allylic oxidation sites excluding steroid dienone is 2. The van der Waals surface area contributed by atoms with E-state index in [-0.39, 0.29) is 11.3 Å². The van der Waals surface area contributed by atoms with Crippen molar-refractivity contribution >= 4 is 46.2 Å². The Bertz CT molecular complexity index is 1280. The quantitative estimate of drug-likeness (QED) is 0.201. The minimum absolute atomic E-state index is 0.0911. The Balaban J connectivity index is 2.14. The van der Waals surface area contributed by atoms with E-state index in [1.165, 1.54) is 20.9 Å². The maximum absolute atomic E-state index is 9.12. The van der Waals surface area contributed by atoms with Crippen molar-refractivity contribution in [1.29, 1.82) is 15.8 Å². The summed E-state index contributed by atoms with van der Waals surface area (Å²) in [5, 5.41) is 27.4. The van der Waals surface area contributed by atoms with Crippen LogP contribution in [0.15, 0.2) is 35.5 Å². The lowest BCUT2D eigenvalue weighted by molar-refractivity contribution is 0.764. The first kappa shape index (κ1) is 26.2. The van der Waals surface area contributed by atoms with Gasteiger partial charge in [-0.3, -0.25) is 0 Å². The van der Waals surface area contributed by atoms with Crippen LogP contribution in [-0.4, -0.2) is 0 Å². The molecule has 0 amide bonds. The molecule has 3 rings (SSSR count). The summed E-state index contributed by atoms with van der Waals surface area (Å²) >= 11 is 5.03. The van der Waals surface area contributed by atoms with Gasteiger partial charge < -0.3 is 0 Å². The molecule has 0 aromatic carbocycles. The van der Waals surface area contributed by atoms with Gasteiger partial charge in [0.25, 0.3) is 5.70 Å². The second-order valence-electron chi connectivity index (χ2n) is 7.86. The first-order valence-electron chi connectivity index (χ1n) is 11.4. The Morgan fingerprint density at radius 1 is 0.800 bits per heavy atom. The van der Waals surface area contributed by atoms with E-state index in [0.29, 0.717) is 0 Å². The van der Waals surface area contributed by atoms with Gasteiger partial charge in [0.05, 0.1) is 12.6 Å². The summed E-state index contributed by atoms with van der Waals surface area (Å²) in [5.41, 5.74) is 3.01. The summed E-state index contributed by atoms with van der Waals surface area (Å²) in [6.45, 7) is 11.6. The van der Waals surface area contributed by atoms with Crippen LogP contribution < -0.4 is 0 Å². The number of unbranched alkanes of at least 4 members (excludes halogenated alkanes) is 2. The molecule has 0 unspecified atom stereocenters. The van der Waals surface area contributed by atoms with E-state index in [1.54, 1.807) is 46.2 Å². The zero-order valence-corrected chi connectivity index (χ0v) is 22.2. The Kier molecular flexibility index (Phi) is 9.60. The molecular weight excluding hydrogens is 489 g/mol. The molecule has 0 radical (unpaired) electrons. The van der Waals surface area contributed by atoms with Gasteiger partial charge in [0.2, 0.25) is 0 Å². The van der Waals surface area contributed by atoms with Crippen molar-refractivity contribution in [3.63, 3.8) is 0 Å². The zero-order chi connectivity index (χ0) is 25.2. The minimum atomic E-state index is 0.0911. The van der Waals surface area contributed by atoms with E-state index in [2.05, 4.69) is 30.8 Å². The lowest BCUT2D eigenvalue weighted by Gasteiger charge is -2.08. The molecule has 3 aromatic rings. The summed E-state index contributed by atoms with van der Waals surface area (Å²) in [4.78, 5) is 9.94. The first-order chi connectivity index (χ1) is 17.1. The third kappa shape index (κ3) is 6.36. The van der Waals surface area contributed by atoms with Gasteiger partial charge >= 0.3 is 0 Å². The fraction of sp³-hybridized carbons (Fsp3) is 0.286. The molecule has 0 saturated heterocycles. The van der Waals surface area contributed by atoms with Gasteiger partial charge in [-0.1, -0.05) is 26.7 Å².